The van der Waals surface area contributed by atoms with Gasteiger partial charge in [0.25, 0.3) is 5.91 Å². The first-order valence-corrected chi connectivity index (χ1v) is 10.5. The highest BCUT2D eigenvalue weighted by Crippen LogP contribution is 2.34. The summed E-state index contributed by atoms with van der Waals surface area (Å²) in [5, 5.41) is 13.1. The molecule has 1 aliphatic heterocycles. The Labute approximate surface area is 184 Å². The first-order chi connectivity index (χ1) is 15.5. The number of piperidine rings is 1. The van der Waals surface area contributed by atoms with Crippen LogP contribution in [0, 0.1) is 5.92 Å². The Morgan fingerprint density at radius 3 is 2.81 bits per heavy atom. The van der Waals surface area contributed by atoms with Crippen molar-refractivity contribution in [2.75, 3.05) is 26.8 Å². The van der Waals surface area contributed by atoms with Gasteiger partial charge >= 0.3 is 5.97 Å². The molecule has 3 heterocycles. The molecule has 4 rings (SSSR count). The molecule has 0 saturated carbocycles. The molecule has 9 heteroatoms. The molecule has 0 bridgehead atoms. The number of aliphatic hydroxyl groups is 1. The summed E-state index contributed by atoms with van der Waals surface area (Å²) in [5.74, 6) is -0.896. The molecule has 32 heavy (non-hydrogen) atoms. The molecule has 1 fully saturated rings. The number of nitrogens with one attached hydrogen (secondary N) is 2. The number of benzene rings is 1. The van der Waals surface area contributed by atoms with Crippen LogP contribution in [-0.2, 0) is 4.74 Å². The predicted octanol–water partition coefficient (Wildman–Crippen LogP) is 1.85. The molecule has 5 N–H and O–H groups in total. The maximum absolute atomic E-state index is 13.1. The summed E-state index contributed by atoms with van der Waals surface area (Å²) in [7, 11) is 1.53. The van der Waals surface area contributed by atoms with Gasteiger partial charge in [-0.3, -0.25) is 4.79 Å². The Morgan fingerprint density at radius 2 is 2.12 bits per heavy atom. The number of H-pyrrole nitrogens is 1. The lowest BCUT2D eigenvalue weighted by atomic mass is 9.93. The third-order valence-corrected chi connectivity index (χ3v) is 5.83. The third kappa shape index (κ3) is 4.17. The number of amides is 1. The van der Waals surface area contributed by atoms with E-state index >= 15 is 0 Å². The summed E-state index contributed by atoms with van der Waals surface area (Å²) in [6.45, 7) is 1.38. The smallest absolute Gasteiger partial charge is 0.355 e. The van der Waals surface area contributed by atoms with Crippen molar-refractivity contribution < 1.29 is 24.2 Å². The molecule has 3 aromatic rings. The highest BCUT2D eigenvalue weighted by molar-refractivity contribution is 6.17. The number of hydrogen-bond donors (Lipinski definition) is 4. The van der Waals surface area contributed by atoms with Crippen molar-refractivity contribution in [2.45, 2.75) is 18.9 Å². The standard InChI is InChI=1S/C23H26N4O5/c1-31-18-6-5-13(12-26-18)15-3-2-4-16-19(15)20(22(24)29)21(27-16)23(30)32-17-7-9-25-11-14(17)8-10-28/h2-6,12,14,17,25,27-28H,7-11H2,1H3,(H2,24,29). The van der Waals surface area contributed by atoms with Crippen LogP contribution < -0.4 is 15.8 Å². The first kappa shape index (κ1) is 21.8. The number of primary amides is 1. The van der Waals surface area contributed by atoms with Crippen LogP contribution in [0.4, 0.5) is 0 Å². The van der Waals surface area contributed by atoms with Crippen molar-refractivity contribution in [1.29, 1.82) is 0 Å². The predicted molar refractivity (Wildman–Crippen MR) is 118 cm³/mol. The lowest BCUT2D eigenvalue weighted by Crippen LogP contribution is -2.42. The Balaban J connectivity index is 1.74. The molecular formula is C23H26N4O5. The number of aromatic nitrogens is 2. The molecule has 0 spiro atoms. The molecule has 0 radical (unpaired) electrons. The number of aliphatic hydroxyl groups excluding tert-OH is 1. The zero-order valence-corrected chi connectivity index (χ0v) is 17.8. The van der Waals surface area contributed by atoms with E-state index in [0.29, 0.717) is 48.3 Å². The number of methoxy groups -OCH3 is 1. The van der Waals surface area contributed by atoms with Crippen molar-refractivity contribution >= 4 is 22.8 Å². The Morgan fingerprint density at radius 1 is 1.28 bits per heavy atom. The molecule has 1 aromatic carbocycles. The minimum absolute atomic E-state index is 0.0000379. The number of pyridine rings is 1. The number of rotatable bonds is 7. The highest BCUT2D eigenvalue weighted by Gasteiger charge is 2.31. The van der Waals surface area contributed by atoms with E-state index in [1.165, 1.54) is 7.11 Å². The molecule has 9 nitrogen and oxygen atoms in total. The number of ether oxygens (including phenoxy) is 2. The first-order valence-electron chi connectivity index (χ1n) is 10.5. The van der Waals surface area contributed by atoms with Crippen molar-refractivity contribution in [2.24, 2.45) is 11.7 Å². The van der Waals surface area contributed by atoms with Gasteiger partial charge in [0.15, 0.2) is 0 Å². The summed E-state index contributed by atoms with van der Waals surface area (Å²) in [6, 6.07) is 8.98. The normalized spacial score (nSPS) is 18.4. The minimum Gasteiger partial charge on any atom is -0.481 e. The number of carbonyl (C=O) groups is 2. The third-order valence-electron chi connectivity index (χ3n) is 5.83. The molecular weight excluding hydrogens is 412 g/mol. The van der Waals surface area contributed by atoms with Crippen LogP contribution in [0.5, 0.6) is 5.88 Å². The Bertz CT molecular complexity index is 1120. The minimum atomic E-state index is -0.727. The van der Waals surface area contributed by atoms with E-state index in [9.17, 15) is 14.7 Å². The molecule has 2 unspecified atom stereocenters. The van der Waals surface area contributed by atoms with Crippen molar-refractivity contribution in [1.82, 2.24) is 15.3 Å². The summed E-state index contributed by atoms with van der Waals surface area (Å²) in [6.07, 6.45) is 2.44. The van der Waals surface area contributed by atoms with Crippen LogP contribution in [0.2, 0.25) is 0 Å². The van der Waals surface area contributed by atoms with Gasteiger partial charge in [0, 0.05) is 47.8 Å². The zero-order chi connectivity index (χ0) is 22.7. The topological polar surface area (TPSA) is 140 Å². The van der Waals surface area contributed by atoms with E-state index in [2.05, 4.69) is 15.3 Å². The Kier molecular flexibility index (Phi) is 6.38. The van der Waals surface area contributed by atoms with Crippen molar-refractivity contribution in [3.05, 3.63) is 47.8 Å². The average Bonchev–Trinajstić information content (AvgIpc) is 3.21. The van der Waals surface area contributed by atoms with E-state index in [-0.39, 0.29) is 29.9 Å². The van der Waals surface area contributed by atoms with Gasteiger partial charge in [-0.2, -0.15) is 0 Å². The lowest BCUT2D eigenvalue weighted by molar-refractivity contribution is -0.0000842. The van der Waals surface area contributed by atoms with Gasteiger partial charge in [0.05, 0.1) is 12.7 Å². The summed E-state index contributed by atoms with van der Waals surface area (Å²) < 4.78 is 10.9. The fourth-order valence-corrected chi connectivity index (χ4v) is 4.25. The maximum Gasteiger partial charge on any atom is 0.355 e. The van der Waals surface area contributed by atoms with E-state index in [0.717, 1.165) is 5.56 Å². The van der Waals surface area contributed by atoms with Crippen LogP contribution in [0.3, 0.4) is 0 Å². The monoisotopic (exact) mass is 438 g/mol. The van der Waals surface area contributed by atoms with E-state index < -0.39 is 11.9 Å². The van der Waals surface area contributed by atoms with Crippen LogP contribution in [-0.4, -0.2) is 59.9 Å². The maximum atomic E-state index is 13.1. The summed E-state index contributed by atoms with van der Waals surface area (Å²) >= 11 is 0. The Hall–Kier alpha value is -3.43. The van der Waals surface area contributed by atoms with E-state index in [4.69, 9.17) is 15.2 Å². The van der Waals surface area contributed by atoms with E-state index in [1.807, 2.05) is 18.2 Å². The van der Waals surface area contributed by atoms with Crippen molar-refractivity contribution in [3.63, 3.8) is 0 Å². The van der Waals surface area contributed by atoms with Gasteiger partial charge < -0.3 is 30.6 Å². The van der Waals surface area contributed by atoms with E-state index in [1.54, 1.807) is 18.3 Å². The van der Waals surface area contributed by atoms with Crippen molar-refractivity contribution in [3.8, 4) is 17.0 Å². The number of nitrogens with two attached hydrogens (primary N) is 1. The molecule has 168 valence electrons. The van der Waals surface area contributed by atoms with Crippen LogP contribution >= 0.6 is 0 Å². The molecule has 1 amide bonds. The van der Waals surface area contributed by atoms with Crippen LogP contribution in [0.25, 0.3) is 22.0 Å². The number of nitrogens with zero attached hydrogens (tertiary/aromatic N) is 1. The van der Waals surface area contributed by atoms with Gasteiger partial charge in [-0.15, -0.1) is 0 Å². The van der Waals surface area contributed by atoms with Gasteiger partial charge in [-0.05, 0) is 37.1 Å². The molecule has 2 atom stereocenters. The SMILES string of the molecule is COc1ccc(-c2cccc3[nH]c(C(=O)OC4CCNCC4CCO)c(C(N)=O)c23)cn1. The summed E-state index contributed by atoms with van der Waals surface area (Å²) in [4.78, 5) is 32.8. The quantitative estimate of drug-likeness (QED) is 0.413. The molecule has 1 aliphatic rings. The average molecular weight is 438 g/mol. The number of esters is 1. The molecule has 2 aromatic heterocycles. The fraction of sp³-hybridized carbons (Fsp3) is 0.348. The fourth-order valence-electron chi connectivity index (χ4n) is 4.25. The van der Waals surface area contributed by atoms with Gasteiger partial charge in [-0.1, -0.05) is 12.1 Å². The second-order valence-electron chi connectivity index (χ2n) is 7.77. The molecule has 1 saturated heterocycles. The highest BCUT2D eigenvalue weighted by atomic mass is 16.5. The number of fused-ring (bicyclic) bond motifs is 1. The summed E-state index contributed by atoms with van der Waals surface area (Å²) in [5.41, 5.74) is 7.89. The largest absolute Gasteiger partial charge is 0.481 e. The number of hydrogen-bond acceptors (Lipinski definition) is 7. The second-order valence-corrected chi connectivity index (χ2v) is 7.77. The number of carbonyl (C=O) groups excluding carboxylic acids is 2. The van der Waals surface area contributed by atoms with Gasteiger partial charge in [0.1, 0.15) is 11.8 Å². The van der Waals surface area contributed by atoms with Crippen LogP contribution in [0.15, 0.2) is 36.5 Å². The zero-order valence-electron chi connectivity index (χ0n) is 17.8. The van der Waals surface area contributed by atoms with Gasteiger partial charge in [0.2, 0.25) is 5.88 Å². The van der Waals surface area contributed by atoms with Crippen LogP contribution in [0.1, 0.15) is 33.7 Å². The molecule has 0 aliphatic carbocycles. The second kappa shape index (κ2) is 9.37. The number of aromatic amines is 1. The van der Waals surface area contributed by atoms with Gasteiger partial charge in [-0.25, -0.2) is 9.78 Å². The lowest BCUT2D eigenvalue weighted by Gasteiger charge is -2.31.